The maximum atomic E-state index is 12.5. The Kier molecular flexibility index (Phi) is 10.3. The summed E-state index contributed by atoms with van der Waals surface area (Å²) in [5, 5.41) is 6.51. The van der Waals surface area contributed by atoms with Gasteiger partial charge >= 0.3 is 6.18 Å². The number of hydrogen-bond donors (Lipinski definition) is 2. The Balaban J connectivity index is 0.00000341. The fourth-order valence-corrected chi connectivity index (χ4v) is 4.16. The number of likely N-dealkylation sites (tertiary alicyclic amines) is 2. The largest absolute Gasteiger partial charge is 0.401 e. The molecule has 3 rings (SSSR count). The predicted molar refractivity (Wildman–Crippen MR) is 130 cm³/mol. The lowest BCUT2D eigenvalue weighted by Crippen LogP contribution is -2.44. The van der Waals surface area contributed by atoms with Gasteiger partial charge in [-0.15, -0.1) is 24.0 Å². The summed E-state index contributed by atoms with van der Waals surface area (Å²) in [4.78, 5) is 8.17. The summed E-state index contributed by atoms with van der Waals surface area (Å²) in [7, 11) is 1.68. The number of alkyl halides is 3. The number of benzene rings is 1. The summed E-state index contributed by atoms with van der Waals surface area (Å²) < 4.78 is 37.6. The number of nitrogens with one attached hydrogen (secondary N) is 2. The van der Waals surface area contributed by atoms with Crippen LogP contribution in [0.1, 0.15) is 37.3 Å². The molecule has 0 bridgehead atoms. The maximum Gasteiger partial charge on any atom is 0.401 e. The third kappa shape index (κ3) is 9.13. The highest BCUT2D eigenvalue weighted by Gasteiger charge is 2.34. The molecule has 0 amide bonds. The molecule has 0 aromatic heterocycles. The number of halogens is 4. The molecule has 1 unspecified atom stereocenters. The van der Waals surface area contributed by atoms with Gasteiger partial charge in [0.05, 0.1) is 6.54 Å². The molecule has 2 aliphatic heterocycles. The normalized spacial score (nSPS) is 21.7. The Morgan fingerprint density at radius 1 is 1.03 bits per heavy atom. The molecule has 2 N–H and O–H groups in total. The lowest BCUT2D eigenvalue weighted by Gasteiger charge is -2.30. The van der Waals surface area contributed by atoms with E-state index in [1.54, 1.807) is 7.05 Å². The average Bonchev–Trinajstić information content (AvgIpc) is 3.13. The van der Waals surface area contributed by atoms with Gasteiger partial charge in [0, 0.05) is 39.3 Å². The third-order valence-electron chi connectivity index (χ3n) is 6.01. The minimum absolute atomic E-state index is 0. The smallest absolute Gasteiger partial charge is 0.352 e. The van der Waals surface area contributed by atoms with E-state index in [9.17, 15) is 13.2 Å². The highest BCUT2D eigenvalue weighted by molar-refractivity contribution is 14.0. The molecule has 176 valence electrons. The van der Waals surface area contributed by atoms with Crippen molar-refractivity contribution < 1.29 is 13.2 Å². The summed E-state index contributed by atoms with van der Waals surface area (Å²) in [6.07, 6.45) is -0.902. The zero-order chi connectivity index (χ0) is 21.6. The third-order valence-corrected chi connectivity index (χ3v) is 6.01. The fourth-order valence-electron chi connectivity index (χ4n) is 4.16. The second kappa shape index (κ2) is 12.2. The molecule has 0 saturated carbocycles. The number of piperidine rings is 1. The number of nitrogens with zero attached hydrogens (tertiary/aromatic N) is 3. The van der Waals surface area contributed by atoms with Gasteiger partial charge in [-0.05, 0) is 49.4 Å². The molecule has 2 fully saturated rings. The maximum absolute atomic E-state index is 12.5. The molecule has 0 aliphatic carbocycles. The van der Waals surface area contributed by atoms with Crippen LogP contribution < -0.4 is 10.6 Å². The minimum atomic E-state index is -4.15. The van der Waals surface area contributed by atoms with Crippen molar-refractivity contribution in [3.05, 3.63) is 35.4 Å². The van der Waals surface area contributed by atoms with Crippen molar-refractivity contribution in [1.29, 1.82) is 0 Å². The number of rotatable bonds is 6. The molecule has 2 saturated heterocycles. The molecule has 0 spiro atoms. The molecular weight excluding hydrogens is 518 g/mol. The summed E-state index contributed by atoms with van der Waals surface area (Å²) in [5.41, 5.74) is 2.48. The zero-order valence-corrected chi connectivity index (χ0v) is 20.7. The van der Waals surface area contributed by atoms with Crippen LogP contribution in [0.4, 0.5) is 13.2 Å². The molecule has 0 radical (unpaired) electrons. The lowest BCUT2D eigenvalue weighted by atomic mass is 9.99. The van der Waals surface area contributed by atoms with E-state index in [-0.39, 0.29) is 30.0 Å². The van der Waals surface area contributed by atoms with Gasteiger partial charge in [0.25, 0.3) is 0 Å². The Morgan fingerprint density at radius 3 is 2.26 bits per heavy atom. The van der Waals surface area contributed by atoms with Crippen LogP contribution in [-0.4, -0.2) is 67.7 Å². The van der Waals surface area contributed by atoms with Crippen LogP contribution in [0.3, 0.4) is 0 Å². The zero-order valence-electron chi connectivity index (χ0n) is 18.4. The standard InChI is InChI=1S/C22H34F3N5.HI/c1-17-7-10-29(11-8-17)14-19-5-3-18(4-6-19)13-27-21(26-2)28-20-9-12-30(15-20)16-22(23,24)25;/h3-6,17,20H,7-16H2,1-2H3,(H2,26,27,28);1H. The highest BCUT2D eigenvalue weighted by atomic mass is 127. The van der Waals surface area contributed by atoms with E-state index in [1.165, 1.54) is 36.4 Å². The second-order valence-corrected chi connectivity index (χ2v) is 8.68. The van der Waals surface area contributed by atoms with Crippen molar-refractivity contribution in [2.24, 2.45) is 10.9 Å². The van der Waals surface area contributed by atoms with Gasteiger partial charge in [-0.25, -0.2) is 0 Å². The first-order valence-corrected chi connectivity index (χ1v) is 10.9. The summed E-state index contributed by atoms with van der Waals surface area (Å²) in [5.74, 6) is 1.47. The van der Waals surface area contributed by atoms with Crippen LogP contribution >= 0.6 is 24.0 Å². The first-order valence-electron chi connectivity index (χ1n) is 10.9. The molecule has 1 atom stereocenters. The Labute approximate surface area is 200 Å². The van der Waals surface area contributed by atoms with Crippen molar-refractivity contribution in [2.75, 3.05) is 39.8 Å². The van der Waals surface area contributed by atoms with Crippen LogP contribution in [0, 0.1) is 5.92 Å². The van der Waals surface area contributed by atoms with Gasteiger partial charge in [0.15, 0.2) is 5.96 Å². The van der Waals surface area contributed by atoms with Gasteiger partial charge in [-0.3, -0.25) is 14.8 Å². The van der Waals surface area contributed by atoms with Crippen molar-refractivity contribution in [1.82, 2.24) is 20.4 Å². The van der Waals surface area contributed by atoms with Crippen molar-refractivity contribution in [3.63, 3.8) is 0 Å². The first kappa shape index (κ1) is 26.2. The van der Waals surface area contributed by atoms with E-state index in [0.29, 0.717) is 32.0 Å². The van der Waals surface area contributed by atoms with Crippen molar-refractivity contribution in [2.45, 2.75) is 51.5 Å². The van der Waals surface area contributed by atoms with E-state index in [1.807, 2.05) is 0 Å². The second-order valence-electron chi connectivity index (χ2n) is 8.68. The Hall–Kier alpha value is -1.07. The molecule has 5 nitrogen and oxygen atoms in total. The average molecular weight is 553 g/mol. The minimum Gasteiger partial charge on any atom is -0.352 e. The summed E-state index contributed by atoms with van der Waals surface area (Å²) >= 11 is 0. The van der Waals surface area contributed by atoms with Crippen LogP contribution in [0.15, 0.2) is 29.3 Å². The fraction of sp³-hybridized carbons (Fsp3) is 0.682. The molecule has 2 heterocycles. The highest BCUT2D eigenvalue weighted by Crippen LogP contribution is 2.20. The summed E-state index contributed by atoms with van der Waals surface area (Å²) in [6, 6.07) is 8.59. The monoisotopic (exact) mass is 553 g/mol. The van der Waals surface area contributed by atoms with Crippen LogP contribution in [-0.2, 0) is 13.1 Å². The van der Waals surface area contributed by atoms with Crippen molar-refractivity contribution in [3.8, 4) is 0 Å². The molecule has 9 heteroatoms. The predicted octanol–water partition coefficient (Wildman–Crippen LogP) is 3.84. The van der Waals surface area contributed by atoms with E-state index in [2.05, 4.69) is 51.7 Å². The van der Waals surface area contributed by atoms with Crippen LogP contribution in [0.2, 0.25) is 0 Å². The van der Waals surface area contributed by atoms with Gasteiger partial charge in [0.1, 0.15) is 0 Å². The molecule has 1 aromatic rings. The Bertz CT molecular complexity index is 687. The number of aliphatic imine (C=N–C) groups is 1. The molecule has 31 heavy (non-hydrogen) atoms. The quantitative estimate of drug-likeness (QED) is 0.320. The van der Waals surface area contributed by atoms with Gasteiger partial charge < -0.3 is 10.6 Å². The summed E-state index contributed by atoms with van der Waals surface area (Å²) in [6.45, 7) is 6.28. The van der Waals surface area contributed by atoms with Gasteiger partial charge in [0.2, 0.25) is 0 Å². The van der Waals surface area contributed by atoms with Gasteiger partial charge in [-0.2, -0.15) is 13.2 Å². The first-order chi connectivity index (χ1) is 14.3. The SMILES string of the molecule is CN=C(NCc1ccc(CN2CCC(C)CC2)cc1)NC1CCN(CC(F)(F)F)C1.I. The lowest BCUT2D eigenvalue weighted by molar-refractivity contribution is -0.143. The van der Waals surface area contributed by atoms with Crippen molar-refractivity contribution >= 4 is 29.9 Å². The molecule has 2 aliphatic rings. The van der Waals surface area contributed by atoms with E-state index in [4.69, 9.17) is 0 Å². The topological polar surface area (TPSA) is 42.9 Å². The van der Waals surface area contributed by atoms with Crippen LogP contribution in [0.25, 0.3) is 0 Å². The number of guanidine groups is 1. The van der Waals surface area contributed by atoms with Crippen LogP contribution in [0.5, 0.6) is 0 Å². The molecule has 1 aromatic carbocycles. The van der Waals surface area contributed by atoms with E-state index >= 15 is 0 Å². The van der Waals surface area contributed by atoms with E-state index < -0.39 is 12.7 Å². The molecular formula is C22H35F3IN5. The Morgan fingerprint density at radius 2 is 1.65 bits per heavy atom. The number of hydrogen-bond acceptors (Lipinski definition) is 3. The van der Waals surface area contributed by atoms with Gasteiger partial charge in [-0.1, -0.05) is 31.2 Å². The van der Waals surface area contributed by atoms with E-state index in [0.717, 1.165) is 18.0 Å².